The molecule has 1 aliphatic rings. The fraction of sp³-hybridized carbons (Fsp3) is 0.261. The van der Waals surface area contributed by atoms with E-state index in [-0.39, 0.29) is 29.5 Å². The lowest BCUT2D eigenvalue weighted by atomic mass is 9.86. The van der Waals surface area contributed by atoms with Crippen LogP contribution in [-0.2, 0) is 10.5 Å². The Kier molecular flexibility index (Phi) is 5.99. The van der Waals surface area contributed by atoms with Crippen molar-refractivity contribution in [2.24, 2.45) is 0 Å². The number of amides is 1. The Bertz CT molecular complexity index is 1190. The van der Waals surface area contributed by atoms with Gasteiger partial charge in [0.1, 0.15) is 5.82 Å². The second-order valence-corrected chi connectivity index (χ2v) is 8.34. The molecule has 0 aliphatic carbocycles. The van der Waals surface area contributed by atoms with Crippen molar-refractivity contribution in [3.63, 3.8) is 0 Å². The van der Waals surface area contributed by atoms with Crippen molar-refractivity contribution >= 4 is 23.5 Å². The second kappa shape index (κ2) is 8.85. The summed E-state index contributed by atoms with van der Waals surface area (Å²) in [5.41, 5.74) is 3.13. The van der Waals surface area contributed by atoms with E-state index in [0.717, 1.165) is 5.56 Å². The highest BCUT2D eigenvalue weighted by molar-refractivity contribution is 7.98. The first-order chi connectivity index (χ1) is 14.9. The van der Waals surface area contributed by atoms with E-state index >= 15 is 0 Å². The van der Waals surface area contributed by atoms with Crippen LogP contribution in [-0.4, -0.2) is 27.6 Å². The number of phenolic OH excluding ortho intramolecular Hbond substituents is 1. The van der Waals surface area contributed by atoms with Gasteiger partial charge in [-0.15, -0.1) is 0 Å². The van der Waals surface area contributed by atoms with Gasteiger partial charge in [0.15, 0.2) is 16.7 Å². The van der Waals surface area contributed by atoms with E-state index in [9.17, 15) is 14.7 Å². The zero-order chi connectivity index (χ0) is 22.0. The number of benzene rings is 2. The fourth-order valence-corrected chi connectivity index (χ4v) is 4.48. The molecule has 160 valence electrons. The Morgan fingerprint density at radius 1 is 1.23 bits per heavy atom. The Hall–Kier alpha value is -3.26. The van der Waals surface area contributed by atoms with Crippen LogP contribution in [0, 0.1) is 6.92 Å². The Balaban J connectivity index is 1.66. The summed E-state index contributed by atoms with van der Waals surface area (Å²) in [4.78, 5) is 32.7. The smallest absolute Gasteiger partial charge is 0.257 e. The summed E-state index contributed by atoms with van der Waals surface area (Å²) in [5.74, 6) is 0.578. The Labute approximate surface area is 183 Å². The molecule has 0 radical (unpaired) electrons. The lowest BCUT2D eigenvalue weighted by Crippen LogP contribution is -2.31. The zero-order valence-electron chi connectivity index (χ0n) is 17.3. The first-order valence-corrected chi connectivity index (χ1v) is 11.0. The maximum Gasteiger partial charge on any atom is 0.257 e. The quantitative estimate of drug-likeness (QED) is 0.398. The van der Waals surface area contributed by atoms with Crippen LogP contribution >= 0.6 is 11.8 Å². The number of anilines is 1. The molecule has 3 aromatic rings. The number of carbonyl (C=O) groups excluding carboxylic acids is 1. The van der Waals surface area contributed by atoms with Crippen LogP contribution in [0.25, 0.3) is 0 Å². The maximum atomic E-state index is 13.0. The molecule has 4 rings (SSSR count). The summed E-state index contributed by atoms with van der Waals surface area (Å²) in [6.45, 7) is 4.24. The lowest BCUT2D eigenvalue weighted by molar-refractivity contribution is -0.116. The van der Waals surface area contributed by atoms with Gasteiger partial charge in [-0.1, -0.05) is 47.7 Å². The van der Waals surface area contributed by atoms with E-state index in [1.54, 1.807) is 12.1 Å². The molecule has 31 heavy (non-hydrogen) atoms. The molecule has 0 spiro atoms. The maximum absolute atomic E-state index is 13.0. The van der Waals surface area contributed by atoms with Crippen LogP contribution in [0.5, 0.6) is 11.5 Å². The standard InChI is InChI=1S/C23H23N3O4S/c1-3-30-18-10-15(7-8-17(18)27)16-11-19(28)24-21-20(16)22(29)26-23(25-21)31-12-14-6-4-5-13(2)9-14/h4-10,16,27H,3,11-12H2,1-2H3,(H2,24,25,26,28,29). The van der Waals surface area contributed by atoms with Gasteiger partial charge in [0.2, 0.25) is 5.91 Å². The van der Waals surface area contributed by atoms with Gasteiger partial charge in [-0.25, -0.2) is 4.98 Å². The highest BCUT2D eigenvalue weighted by Gasteiger charge is 2.31. The van der Waals surface area contributed by atoms with Crippen LogP contribution in [0.15, 0.2) is 52.4 Å². The van der Waals surface area contributed by atoms with Crippen molar-refractivity contribution in [1.82, 2.24) is 9.97 Å². The third-order valence-corrected chi connectivity index (χ3v) is 6.02. The summed E-state index contributed by atoms with van der Waals surface area (Å²) in [7, 11) is 0. The molecule has 0 saturated carbocycles. The van der Waals surface area contributed by atoms with E-state index in [4.69, 9.17) is 4.74 Å². The molecular formula is C23H23N3O4S. The first kappa shape index (κ1) is 21.0. The average molecular weight is 438 g/mol. The van der Waals surface area contributed by atoms with Gasteiger partial charge in [-0.2, -0.15) is 0 Å². The number of nitrogens with one attached hydrogen (secondary N) is 2. The average Bonchev–Trinajstić information content (AvgIpc) is 2.73. The largest absolute Gasteiger partial charge is 0.504 e. The molecule has 0 saturated heterocycles. The van der Waals surface area contributed by atoms with Crippen molar-refractivity contribution in [1.29, 1.82) is 0 Å². The molecule has 2 heterocycles. The number of ether oxygens (including phenoxy) is 1. The number of aryl methyl sites for hydroxylation is 1. The van der Waals surface area contributed by atoms with Crippen LogP contribution in [0.4, 0.5) is 5.82 Å². The van der Waals surface area contributed by atoms with Gasteiger partial charge in [0, 0.05) is 18.1 Å². The first-order valence-electron chi connectivity index (χ1n) is 10.0. The van der Waals surface area contributed by atoms with E-state index in [1.807, 2.05) is 32.0 Å². The number of aromatic nitrogens is 2. The zero-order valence-corrected chi connectivity index (χ0v) is 18.1. The van der Waals surface area contributed by atoms with E-state index in [2.05, 4.69) is 21.4 Å². The normalized spacial score (nSPS) is 15.3. The van der Waals surface area contributed by atoms with Gasteiger partial charge in [-0.05, 0) is 37.1 Å². The highest BCUT2D eigenvalue weighted by atomic mass is 32.2. The molecule has 7 nitrogen and oxygen atoms in total. The molecule has 2 aromatic carbocycles. The Morgan fingerprint density at radius 3 is 2.84 bits per heavy atom. The summed E-state index contributed by atoms with van der Waals surface area (Å²) in [6.07, 6.45) is 0.115. The van der Waals surface area contributed by atoms with Crippen molar-refractivity contribution in [2.45, 2.75) is 37.1 Å². The van der Waals surface area contributed by atoms with Gasteiger partial charge < -0.3 is 20.1 Å². The minimum absolute atomic E-state index is 0.0148. The topological polar surface area (TPSA) is 104 Å². The predicted octanol–water partition coefficient (Wildman–Crippen LogP) is 3.95. The molecule has 1 aliphatic heterocycles. The molecule has 0 bridgehead atoms. The van der Waals surface area contributed by atoms with Gasteiger partial charge >= 0.3 is 0 Å². The van der Waals surface area contributed by atoms with Crippen LogP contribution in [0.3, 0.4) is 0 Å². The molecule has 1 aromatic heterocycles. The van der Waals surface area contributed by atoms with Gasteiger partial charge in [-0.3, -0.25) is 9.59 Å². The van der Waals surface area contributed by atoms with Gasteiger partial charge in [0.25, 0.3) is 5.56 Å². The number of aromatic hydroxyl groups is 1. The second-order valence-electron chi connectivity index (χ2n) is 7.38. The van der Waals surface area contributed by atoms with Gasteiger partial charge in [0.05, 0.1) is 12.2 Å². The number of H-pyrrole nitrogens is 1. The number of aromatic amines is 1. The number of hydrogen-bond acceptors (Lipinski definition) is 6. The molecule has 1 atom stereocenters. The minimum Gasteiger partial charge on any atom is -0.504 e. The molecule has 8 heteroatoms. The Morgan fingerprint density at radius 2 is 2.06 bits per heavy atom. The highest BCUT2D eigenvalue weighted by Crippen LogP contribution is 2.38. The number of nitrogens with zero attached hydrogens (tertiary/aromatic N) is 1. The third kappa shape index (κ3) is 4.59. The summed E-state index contributed by atoms with van der Waals surface area (Å²) in [6, 6.07) is 13.0. The molecule has 1 amide bonds. The number of carbonyl (C=O) groups is 1. The lowest BCUT2D eigenvalue weighted by Gasteiger charge is -2.25. The van der Waals surface area contributed by atoms with Crippen LogP contribution < -0.4 is 15.6 Å². The number of hydrogen-bond donors (Lipinski definition) is 3. The van der Waals surface area contributed by atoms with Crippen LogP contribution in [0.1, 0.15) is 41.5 Å². The molecule has 3 N–H and O–H groups in total. The summed E-state index contributed by atoms with van der Waals surface area (Å²) in [5, 5.41) is 13.2. The van der Waals surface area contributed by atoms with E-state index < -0.39 is 5.92 Å². The molecule has 0 fully saturated rings. The SMILES string of the molecule is CCOc1cc(C2CC(=O)Nc3nc(SCc4cccc(C)c4)[nH]c(=O)c32)ccc1O. The van der Waals surface area contributed by atoms with E-state index in [0.29, 0.717) is 34.4 Å². The number of phenols is 1. The van der Waals surface area contributed by atoms with Crippen molar-refractivity contribution in [2.75, 3.05) is 11.9 Å². The monoisotopic (exact) mass is 437 g/mol. The number of fused-ring (bicyclic) bond motifs is 1. The summed E-state index contributed by atoms with van der Waals surface area (Å²) >= 11 is 1.41. The van der Waals surface area contributed by atoms with Crippen molar-refractivity contribution in [3.8, 4) is 11.5 Å². The van der Waals surface area contributed by atoms with Crippen molar-refractivity contribution < 1.29 is 14.6 Å². The third-order valence-electron chi connectivity index (χ3n) is 5.07. The number of rotatable bonds is 6. The minimum atomic E-state index is -0.476. The molecular weight excluding hydrogens is 414 g/mol. The molecule has 1 unspecified atom stereocenters. The van der Waals surface area contributed by atoms with Crippen molar-refractivity contribution in [3.05, 3.63) is 75.1 Å². The van der Waals surface area contributed by atoms with Crippen LogP contribution in [0.2, 0.25) is 0 Å². The summed E-state index contributed by atoms with van der Waals surface area (Å²) < 4.78 is 5.46. The fourth-order valence-electron chi connectivity index (χ4n) is 3.68. The number of thioether (sulfide) groups is 1. The van der Waals surface area contributed by atoms with E-state index in [1.165, 1.54) is 23.4 Å². The predicted molar refractivity (Wildman–Crippen MR) is 120 cm³/mol.